The van der Waals surface area contributed by atoms with E-state index < -0.39 is 5.97 Å². The zero-order valence-corrected chi connectivity index (χ0v) is 10.5. The Balaban J connectivity index is 0. The number of esters is 1. The number of methoxy groups -OCH3 is 1. The van der Waals surface area contributed by atoms with E-state index in [1.165, 1.54) is 13.2 Å². The van der Waals surface area contributed by atoms with Crippen LogP contribution in [-0.4, -0.2) is 24.2 Å². The quantitative estimate of drug-likeness (QED) is 0.582. The molecule has 92 valence electrons. The third-order valence-corrected chi connectivity index (χ3v) is 1.26. The lowest BCUT2D eigenvalue weighted by atomic mass is 9.96. The number of aliphatic carboxylic acids is 1. The van der Waals surface area contributed by atoms with Crippen molar-refractivity contribution in [1.29, 1.82) is 0 Å². The molecule has 0 unspecified atom stereocenters. The van der Waals surface area contributed by atoms with Gasteiger partial charge in [-0.1, -0.05) is 33.4 Å². The van der Waals surface area contributed by atoms with Crippen molar-refractivity contribution in [3.05, 3.63) is 24.3 Å². The third-order valence-electron chi connectivity index (χ3n) is 1.26. The van der Waals surface area contributed by atoms with E-state index in [4.69, 9.17) is 5.11 Å². The largest absolute Gasteiger partial charge is 0.478 e. The van der Waals surface area contributed by atoms with Gasteiger partial charge in [0.1, 0.15) is 0 Å². The van der Waals surface area contributed by atoms with Crippen molar-refractivity contribution in [2.75, 3.05) is 7.11 Å². The Morgan fingerprint density at radius 3 is 1.81 bits per heavy atom. The summed E-state index contributed by atoms with van der Waals surface area (Å²) in [5.74, 6) is -1.23. The molecule has 0 aliphatic carbocycles. The van der Waals surface area contributed by atoms with Gasteiger partial charge in [0.05, 0.1) is 7.11 Å². The van der Waals surface area contributed by atoms with Crippen LogP contribution in [0.3, 0.4) is 0 Å². The molecule has 0 fully saturated rings. The van der Waals surface area contributed by atoms with Gasteiger partial charge in [-0.15, -0.1) is 0 Å². The first-order chi connectivity index (χ1) is 7.10. The third kappa shape index (κ3) is 14.9. The SMILES string of the molecule is C=C(C)C(=O)OC.CC(C)(C)C=CC(=O)O. The first kappa shape index (κ1) is 16.8. The van der Waals surface area contributed by atoms with Gasteiger partial charge < -0.3 is 9.84 Å². The van der Waals surface area contributed by atoms with Gasteiger partial charge in [-0.25, -0.2) is 9.59 Å². The lowest BCUT2D eigenvalue weighted by Crippen LogP contribution is -2.00. The molecule has 0 saturated heterocycles. The molecule has 1 N–H and O–H groups in total. The number of ether oxygens (including phenoxy) is 1. The fourth-order valence-corrected chi connectivity index (χ4v) is 0.496. The molecule has 0 heterocycles. The van der Waals surface area contributed by atoms with E-state index in [-0.39, 0.29) is 11.4 Å². The Kier molecular flexibility index (Phi) is 8.08. The molecule has 4 heteroatoms. The van der Waals surface area contributed by atoms with Crippen LogP contribution in [0.4, 0.5) is 0 Å². The molecule has 0 aromatic heterocycles. The van der Waals surface area contributed by atoms with Crippen LogP contribution in [0.15, 0.2) is 24.3 Å². The predicted molar refractivity (Wildman–Crippen MR) is 63.1 cm³/mol. The molecule has 16 heavy (non-hydrogen) atoms. The Labute approximate surface area is 96.6 Å². The highest BCUT2D eigenvalue weighted by atomic mass is 16.5. The molecule has 4 nitrogen and oxygen atoms in total. The van der Waals surface area contributed by atoms with Crippen LogP contribution in [-0.2, 0) is 14.3 Å². The molecule has 0 aromatic carbocycles. The van der Waals surface area contributed by atoms with Crippen LogP contribution in [0.1, 0.15) is 27.7 Å². The topological polar surface area (TPSA) is 63.6 Å². The lowest BCUT2D eigenvalue weighted by molar-refractivity contribution is -0.136. The average molecular weight is 228 g/mol. The lowest BCUT2D eigenvalue weighted by Gasteiger charge is -2.09. The fourth-order valence-electron chi connectivity index (χ4n) is 0.496. The van der Waals surface area contributed by atoms with Crippen LogP contribution in [0, 0.1) is 5.41 Å². The number of carbonyl (C=O) groups excluding carboxylic acids is 1. The van der Waals surface area contributed by atoms with Crippen molar-refractivity contribution in [2.24, 2.45) is 5.41 Å². The Bertz CT molecular complexity index is 282. The van der Waals surface area contributed by atoms with Crippen molar-refractivity contribution in [1.82, 2.24) is 0 Å². The second-order valence-corrected chi connectivity index (χ2v) is 4.31. The normalized spacial score (nSPS) is 10.3. The van der Waals surface area contributed by atoms with E-state index in [1.807, 2.05) is 20.8 Å². The monoisotopic (exact) mass is 228 g/mol. The van der Waals surface area contributed by atoms with Crippen molar-refractivity contribution < 1.29 is 19.4 Å². The molecular formula is C12H20O4. The number of rotatable bonds is 2. The maximum atomic E-state index is 10.2. The molecular weight excluding hydrogens is 208 g/mol. The number of carbonyl (C=O) groups is 2. The van der Waals surface area contributed by atoms with E-state index >= 15 is 0 Å². The van der Waals surface area contributed by atoms with E-state index in [9.17, 15) is 9.59 Å². The molecule has 0 aliphatic heterocycles. The van der Waals surface area contributed by atoms with Crippen LogP contribution in [0.5, 0.6) is 0 Å². The molecule has 0 rings (SSSR count). The highest BCUT2D eigenvalue weighted by molar-refractivity contribution is 5.86. The Hall–Kier alpha value is -1.58. The van der Waals surface area contributed by atoms with Gasteiger partial charge in [0.15, 0.2) is 0 Å². The van der Waals surface area contributed by atoms with Crippen molar-refractivity contribution in [3.63, 3.8) is 0 Å². The van der Waals surface area contributed by atoms with Crippen LogP contribution in [0.25, 0.3) is 0 Å². The number of carboxylic acid groups (broad SMARTS) is 1. The highest BCUT2D eigenvalue weighted by Crippen LogP contribution is 2.13. The zero-order chi connectivity index (χ0) is 13.4. The average Bonchev–Trinajstić information content (AvgIpc) is 2.13. The highest BCUT2D eigenvalue weighted by Gasteiger charge is 2.03. The van der Waals surface area contributed by atoms with Crippen LogP contribution >= 0.6 is 0 Å². The number of allylic oxidation sites excluding steroid dienone is 1. The molecule has 0 atom stereocenters. The molecule has 0 bridgehead atoms. The van der Waals surface area contributed by atoms with Crippen molar-refractivity contribution >= 4 is 11.9 Å². The fraction of sp³-hybridized carbons (Fsp3) is 0.500. The van der Waals surface area contributed by atoms with Crippen molar-refractivity contribution in [2.45, 2.75) is 27.7 Å². The van der Waals surface area contributed by atoms with E-state index in [0.29, 0.717) is 5.57 Å². The molecule has 0 spiro atoms. The standard InChI is InChI=1S/C7H12O2.C5H8O2/c1-7(2,3)5-4-6(8)9;1-4(2)5(6)7-3/h4-5H,1-3H3,(H,8,9);1H2,2-3H3. The van der Waals surface area contributed by atoms with Crippen LogP contribution < -0.4 is 0 Å². The molecule has 0 aliphatic rings. The summed E-state index contributed by atoms with van der Waals surface area (Å²) in [5, 5.41) is 8.19. The minimum absolute atomic E-state index is 0.0294. The van der Waals surface area contributed by atoms with Gasteiger partial charge in [0, 0.05) is 11.6 Å². The first-order valence-electron chi connectivity index (χ1n) is 4.76. The number of hydrogen-bond acceptors (Lipinski definition) is 3. The first-order valence-corrected chi connectivity index (χ1v) is 4.76. The second-order valence-electron chi connectivity index (χ2n) is 4.31. The maximum absolute atomic E-state index is 10.2. The summed E-state index contributed by atoms with van der Waals surface area (Å²) in [5.41, 5.74) is 0.403. The summed E-state index contributed by atoms with van der Waals surface area (Å²) in [7, 11) is 1.33. The van der Waals surface area contributed by atoms with Gasteiger partial charge in [-0.05, 0) is 12.3 Å². The van der Waals surface area contributed by atoms with Gasteiger partial charge in [-0.2, -0.15) is 0 Å². The van der Waals surface area contributed by atoms with E-state index in [2.05, 4.69) is 11.3 Å². The summed E-state index contributed by atoms with van der Waals surface area (Å²) in [6, 6.07) is 0. The van der Waals surface area contributed by atoms with Gasteiger partial charge in [-0.3, -0.25) is 0 Å². The Morgan fingerprint density at radius 1 is 1.31 bits per heavy atom. The summed E-state index contributed by atoms with van der Waals surface area (Å²) >= 11 is 0. The van der Waals surface area contributed by atoms with Crippen LogP contribution in [0.2, 0.25) is 0 Å². The summed E-state index contributed by atoms with van der Waals surface area (Å²) in [6.07, 6.45) is 2.83. The molecule has 0 radical (unpaired) electrons. The minimum atomic E-state index is -0.884. The zero-order valence-electron chi connectivity index (χ0n) is 10.5. The molecule has 0 saturated carbocycles. The van der Waals surface area contributed by atoms with E-state index in [0.717, 1.165) is 0 Å². The Morgan fingerprint density at radius 2 is 1.75 bits per heavy atom. The minimum Gasteiger partial charge on any atom is -0.478 e. The van der Waals surface area contributed by atoms with E-state index in [1.54, 1.807) is 13.0 Å². The van der Waals surface area contributed by atoms with Gasteiger partial charge in [0.2, 0.25) is 0 Å². The second kappa shape index (κ2) is 7.68. The number of carboxylic acids is 1. The van der Waals surface area contributed by atoms with Gasteiger partial charge in [0.25, 0.3) is 0 Å². The number of hydrogen-bond donors (Lipinski definition) is 1. The molecule has 0 amide bonds. The predicted octanol–water partition coefficient (Wildman–Crippen LogP) is 2.41. The van der Waals surface area contributed by atoms with Crippen molar-refractivity contribution in [3.8, 4) is 0 Å². The summed E-state index contributed by atoms with van der Waals surface area (Å²) in [6.45, 7) is 10.8. The molecule has 0 aromatic rings. The summed E-state index contributed by atoms with van der Waals surface area (Å²) in [4.78, 5) is 20.1. The summed E-state index contributed by atoms with van der Waals surface area (Å²) < 4.78 is 4.27. The van der Waals surface area contributed by atoms with Gasteiger partial charge >= 0.3 is 11.9 Å². The smallest absolute Gasteiger partial charge is 0.332 e. The maximum Gasteiger partial charge on any atom is 0.332 e.